The lowest BCUT2D eigenvalue weighted by Gasteiger charge is -2.35. The molecule has 1 aliphatic heterocycles. The molecule has 6 nitrogen and oxygen atoms in total. The van der Waals surface area contributed by atoms with E-state index in [0.717, 1.165) is 12.0 Å². The number of benzene rings is 1. The molecule has 2 bridgehead atoms. The molecule has 0 spiro atoms. The van der Waals surface area contributed by atoms with Crippen LogP contribution >= 0.6 is 11.8 Å². The minimum absolute atomic E-state index is 0.0189. The number of ketones is 1. The Morgan fingerprint density at radius 2 is 2.03 bits per heavy atom. The number of rotatable bonds is 5. The fraction of sp³-hybridized carbons (Fsp3) is 0.409. The Labute approximate surface area is 180 Å². The predicted octanol–water partition coefficient (Wildman–Crippen LogP) is 4.28. The first-order chi connectivity index (χ1) is 14.2. The van der Waals surface area contributed by atoms with Crippen molar-refractivity contribution in [1.82, 2.24) is 0 Å². The molecule has 2 aliphatic carbocycles. The van der Waals surface area contributed by atoms with Crippen molar-refractivity contribution in [2.75, 3.05) is 5.75 Å². The van der Waals surface area contributed by atoms with Gasteiger partial charge in [0.25, 0.3) is 0 Å². The van der Waals surface area contributed by atoms with Crippen molar-refractivity contribution in [3.8, 4) is 6.07 Å². The van der Waals surface area contributed by atoms with Crippen LogP contribution in [0.5, 0.6) is 0 Å². The average molecular weight is 443 g/mol. The molecule has 0 N–H and O–H groups in total. The smallest absolute Gasteiger partial charge is 0.299 e. The summed E-state index contributed by atoms with van der Waals surface area (Å²) in [5, 5.41) is 13.7. The third-order valence-electron chi connectivity index (χ3n) is 6.82. The average Bonchev–Trinajstić information content (AvgIpc) is 3.31. The second-order valence-corrected chi connectivity index (χ2v) is 11.1. The van der Waals surface area contributed by atoms with Crippen LogP contribution in [0.25, 0.3) is 5.57 Å². The summed E-state index contributed by atoms with van der Waals surface area (Å²) in [7, 11) is -4.03. The highest BCUT2D eigenvalue weighted by Crippen LogP contribution is 2.64. The van der Waals surface area contributed by atoms with Crippen molar-refractivity contribution in [1.29, 1.82) is 5.26 Å². The Kier molecular flexibility index (Phi) is 5.15. The lowest BCUT2D eigenvalue weighted by atomic mass is 9.70. The molecule has 156 valence electrons. The zero-order valence-corrected chi connectivity index (χ0v) is 18.4. The number of Topliss-reactive ketones (excluding diaryl/α,β-unsaturated/α-hetero) is 1. The summed E-state index contributed by atoms with van der Waals surface area (Å²) in [5.41, 5.74) is 0.0166. The normalized spacial score (nSPS) is 30.0. The van der Waals surface area contributed by atoms with Crippen molar-refractivity contribution in [2.24, 2.45) is 21.9 Å². The third kappa shape index (κ3) is 3.40. The minimum Gasteiger partial charge on any atom is -0.299 e. The van der Waals surface area contributed by atoms with E-state index in [-0.39, 0.29) is 22.9 Å². The summed E-state index contributed by atoms with van der Waals surface area (Å²) >= 11 is 1.17. The standard InChI is InChI=1S/C22H22N2O4S2/c1-21(2)16-10-11-22(21,19(25)12-16)14-30(26,27)28-24-20-9-8-18(29-20)17(13-23)15-6-4-3-5-7-15/h3-9,16H,10-12,14H2,1-2H3. The molecule has 1 heterocycles. The van der Waals surface area contributed by atoms with Gasteiger partial charge in [0.15, 0.2) is 0 Å². The van der Waals surface area contributed by atoms with Crippen LogP contribution in [0.15, 0.2) is 52.5 Å². The fourth-order valence-corrected chi connectivity index (χ4v) is 7.32. The molecule has 1 aromatic rings. The lowest BCUT2D eigenvalue weighted by Crippen LogP contribution is -2.42. The van der Waals surface area contributed by atoms with Gasteiger partial charge in [0.1, 0.15) is 22.6 Å². The van der Waals surface area contributed by atoms with E-state index in [1.54, 1.807) is 12.2 Å². The van der Waals surface area contributed by atoms with E-state index in [4.69, 9.17) is 4.28 Å². The molecule has 0 saturated heterocycles. The number of fused-ring (bicyclic) bond motifs is 2. The first-order valence-corrected chi connectivity index (χ1v) is 12.2. The Bertz CT molecular complexity index is 1130. The number of hydrogen-bond donors (Lipinski definition) is 0. The maximum atomic E-state index is 12.7. The van der Waals surface area contributed by atoms with Gasteiger partial charge in [-0.3, -0.25) is 9.08 Å². The molecule has 0 radical (unpaired) electrons. The van der Waals surface area contributed by atoms with Gasteiger partial charge in [-0.2, -0.15) is 13.7 Å². The van der Waals surface area contributed by atoms with E-state index >= 15 is 0 Å². The molecule has 0 aromatic heterocycles. The highest BCUT2D eigenvalue weighted by molar-refractivity contribution is 8.18. The van der Waals surface area contributed by atoms with Crippen molar-refractivity contribution in [2.45, 2.75) is 33.1 Å². The van der Waals surface area contributed by atoms with Gasteiger partial charge in [0.05, 0.1) is 11.0 Å². The van der Waals surface area contributed by atoms with Gasteiger partial charge in [0.2, 0.25) is 0 Å². The van der Waals surface area contributed by atoms with E-state index in [2.05, 4.69) is 11.2 Å². The molecule has 8 heteroatoms. The zero-order valence-electron chi connectivity index (χ0n) is 16.8. The highest BCUT2D eigenvalue weighted by Gasteiger charge is 2.65. The van der Waals surface area contributed by atoms with Gasteiger partial charge in [-0.25, -0.2) is 0 Å². The molecule has 30 heavy (non-hydrogen) atoms. The Morgan fingerprint density at radius 1 is 1.30 bits per heavy atom. The molecule has 2 atom stereocenters. The summed E-state index contributed by atoms with van der Waals surface area (Å²) in [5.74, 6) is -0.0933. The Balaban J connectivity index is 1.50. The molecular weight excluding hydrogens is 420 g/mol. The van der Waals surface area contributed by atoms with Crippen LogP contribution in [0.1, 0.15) is 38.7 Å². The Hall–Kier alpha value is -2.37. The van der Waals surface area contributed by atoms with Crippen molar-refractivity contribution < 1.29 is 17.5 Å². The predicted molar refractivity (Wildman–Crippen MR) is 117 cm³/mol. The molecule has 0 amide bonds. The second-order valence-electron chi connectivity index (χ2n) is 8.53. The maximum Gasteiger partial charge on any atom is 0.329 e. The number of nitrogens with zero attached hydrogens (tertiary/aromatic N) is 2. The van der Waals surface area contributed by atoms with E-state index in [1.807, 2.05) is 44.2 Å². The summed E-state index contributed by atoms with van der Waals surface area (Å²) < 4.78 is 30.3. The number of thioether (sulfide) groups is 1. The van der Waals surface area contributed by atoms with Crippen LogP contribution in [-0.2, 0) is 19.2 Å². The zero-order chi connectivity index (χ0) is 21.6. The largest absolute Gasteiger partial charge is 0.329 e. The van der Waals surface area contributed by atoms with Gasteiger partial charge < -0.3 is 0 Å². The first kappa shape index (κ1) is 20.9. The van der Waals surface area contributed by atoms with E-state index < -0.39 is 15.5 Å². The van der Waals surface area contributed by atoms with Gasteiger partial charge >= 0.3 is 10.1 Å². The molecule has 2 unspecified atom stereocenters. The molecular formula is C22H22N2O4S2. The number of carbonyl (C=O) groups is 1. The molecule has 2 saturated carbocycles. The molecule has 2 fully saturated rings. The van der Waals surface area contributed by atoms with Crippen LogP contribution in [0.3, 0.4) is 0 Å². The summed E-state index contributed by atoms with van der Waals surface area (Å²) in [6, 6.07) is 11.4. The van der Waals surface area contributed by atoms with E-state index in [1.165, 1.54) is 11.8 Å². The van der Waals surface area contributed by atoms with Crippen LogP contribution in [0, 0.1) is 28.1 Å². The van der Waals surface area contributed by atoms with Gasteiger partial charge in [-0.1, -0.05) is 61.1 Å². The second kappa shape index (κ2) is 7.40. The van der Waals surface area contributed by atoms with Crippen LogP contribution in [0.4, 0.5) is 0 Å². The number of nitriles is 1. The van der Waals surface area contributed by atoms with Gasteiger partial charge in [-0.05, 0) is 41.9 Å². The number of allylic oxidation sites excluding steroid dienone is 2. The molecule has 3 aliphatic rings. The third-order valence-corrected chi connectivity index (χ3v) is 8.94. The maximum absolute atomic E-state index is 12.7. The fourth-order valence-electron chi connectivity index (χ4n) is 4.91. The van der Waals surface area contributed by atoms with E-state index in [0.29, 0.717) is 28.4 Å². The first-order valence-electron chi connectivity index (χ1n) is 9.77. The van der Waals surface area contributed by atoms with Crippen molar-refractivity contribution in [3.63, 3.8) is 0 Å². The van der Waals surface area contributed by atoms with Crippen LogP contribution < -0.4 is 0 Å². The molecule has 1 aromatic carbocycles. The number of carbonyl (C=O) groups excluding carboxylic acids is 1. The monoisotopic (exact) mass is 442 g/mol. The van der Waals surface area contributed by atoms with Crippen molar-refractivity contribution >= 4 is 38.3 Å². The summed E-state index contributed by atoms with van der Waals surface area (Å²) in [6.45, 7) is 3.97. The van der Waals surface area contributed by atoms with Crippen LogP contribution in [-0.4, -0.2) is 25.0 Å². The molecule has 4 rings (SSSR count). The minimum atomic E-state index is -4.03. The van der Waals surface area contributed by atoms with Gasteiger partial charge in [-0.15, -0.1) is 0 Å². The highest BCUT2D eigenvalue weighted by atomic mass is 32.2. The van der Waals surface area contributed by atoms with Crippen molar-refractivity contribution in [3.05, 3.63) is 53.0 Å². The summed E-state index contributed by atoms with van der Waals surface area (Å²) in [6.07, 6.45) is 5.22. The number of oxime groups is 1. The quantitative estimate of drug-likeness (QED) is 0.499. The summed E-state index contributed by atoms with van der Waals surface area (Å²) in [4.78, 5) is 13.3. The van der Waals surface area contributed by atoms with Crippen LogP contribution in [0.2, 0.25) is 0 Å². The number of hydrogen-bond acceptors (Lipinski definition) is 7. The lowest BCUT2D eigenvalue weighted by molar-refractivity contribution is -0.128. The SMILES string of the molecule is CC1(C)C2CCC1(CS(=O)(=O)ON=C1C=CC(=C(C#N)c3ccccc3)S1)C(=O)C2. The van der Waals surface area contributed by atoms with E-state index in [9.17, 15) is 18.5 Å². The topological polar surface area (TPSA) is 96.6 Å². The van der Waals surface area contributed by atoms with Gasteiger partial charge in [0, 0.05) is 11.3 Å². The Morgan fingerprint density at radius 3 is 2.63 bits per heavy atom.